The van der Waals surface area contributed by atoms with Gasteiger partial charge in [0, 0.05) is 11.7 Å². The molecule has 8 nitrogen and oxygen atoms in total. The second-order valence-electron chi connectivity index (χ2n) is 7.90. The Morgan fingerprint density at radius 3 is 2.73 bits per heavy atom. The Labute approximate surface area is 195 Å². The van der Waals surface area contributed by atoms with Crippen LogP contribution in [0, 0.1) is 31.0 Å². The van der Waals surface area contributed by atoms with Crippen LogP contribution in [0.3, 0.4) is 0 Å². The molecule has 10 heteroatoms. The van der Waals surface area contributed by atoms with Gasteiger partial charge in [0.2, 0.25) is 5.91 Å². The number of nitrogens with zero attached hydrogens (tertiary/aromatic N) is 4. The number of hydrogen-bond acceptors (Lipinski definition) is 7. The minimum Gasteiger partial charge on any atom is -0.484 e. The second kappa shape index (κ2) is 10.1. The Bertz CT molecular complexity index is 1180. The zero-order valence-electron chi connectivity index (χ0n) is 18.4. The molecule has 4 rings (SSSR count). The third-order valence-electron chi connectivity index (χ3n) is 5.77. The molecule has 0 bridgehead atoms. The van der Waals surface area contributed by atoms with Crippen LogP contribution in [-0.2, 0) is 11.4 Å². The number of carbonyl (C=O) groups is 1. The molecule has 0 radical (unpaired) electrons. The van der Waals surface area contributed by atoms with Crippen molar-refractivity contribution in [2.45, 2.75) is 57.4 Å². The van der Waals surface area contributed by atoms with Crippen LogP contribution >= 0.6 is 11.8 Å². The van der Waals surface area contributed by atoms with Crippen LogP contribution in [0.1, 0.15) is 54.4 Å². The topological polar surface area (TPSA) is 106 Å². The number of ether oxygens (including phenoxy) is 1. The summed E-state index contributed by atoms with van der Waals surface area (Å²) in [6.45, 7) is 3.94. The molecule has 0 atom stereocenters. The number of nitriles is 1. The van der Waals surface area contributed by atoms with E-state index in [-0.39, 0.29) is 35.2 Å². The number of aromatic nitrogens is 3. The lowest BCUT2D eigenvalue weighted by atomic mass is 10.2. The molecular weight excluding hydrogens is 445 g/mol. The van der Waals surface area contributed by atoms with Gasteiger partial charge in [0.05, 0.1) is 11.3 Å². The van der Waals surface area contributed by atoms with Crippen molar-refractivity contribution < 1.29 is 18.3 Å². The Morgan fingerprint density at radius 1 is 1.30 bits per heavy atom. The second-order valence-corrected chi connectivity index (χ2v) is 8.82. The molecule has 1 aliphatic carbocycles. The van der Waals surface area contributed by atoms with Gasteiger partial charge in [0.25, 0.3) is 11.1 Å². The fourth-order valence-electron chi connectivity index (χ4n) is 4.03. The number of thioether (sulfide) groups is 1. The summed E-state index contributed by atoms with van der Waals surface area (Å²) in [4.78, 5) is 12.7. The van der Waals surface area contributed by atoms with Crippen LogP contribution in [0.25, 0.3) is 0 Å². The van der Waals surface area contributed by atoms with Gasteiger partial charge in [-0.2, -0.15) is 5.26 Å². The molecule has 1 N–H and O–H groups in total. The van der Waals surface area contributed by atoms with E-state index >= 15 is 0 Å². The van der Waals surface area contributed by atoms with Crippen molar-refractivity contribution in [1.82, 2.24) is 14.8 Å². The Kier molecular flexibility index (Phi) is 6.99. The summed E-state index contributed by atoms with van der Waals surface area (Å²) in [6, 6.07) is 8.15. The number of hydrogen-bond donors (Lipinski definition) is 1. The van der Waals surface area contributed by atoms with Gasteiger partial charge in [-0.1, -0.05) is 24.6 Å². The smallest absolute Gasteiger partial charge is 0.277 e. The minimum absolute atomic E-state index is 0.0321. The average molecular weight is 470 g/mol. The maximum atomic E-state index is 13.0. The number of rotatable bonds is 8. The van der Waals surface area contributed by atoms with E-state index in [9.17, 15) is 14.4 Å². The molecule has 2 aromatic heterocycles. The van der Waals surface area contributed by atoms with Crippen molar-refractivity contribution in [3.8, 4) is 11.8 Å². The first-order valence-corrected chi connectivity index (χ1v) is 11.7. The van der Waals surface area contributed by atoms with Gasteiger partial charge in [-0.3, -0.25) is 4.79 Å². The van der Waals surface area contributed by atoms with Gasteiger partial charge in [-0.05, 0) is 56.5 Å². The maximum absolute atomic E-state index is 13.0. The molecule has 172 valence electrons. The van der Waals surface area contributed by atoms with Gasteiger partial charge >= 0.3 is 0 Å². The molecule has 1 saturated carbocycles. The molecule has 1 aromatic carbocycles. The minimum atomic E-state index is -0.347. The molecule has 1 fully saturated rings. The monoisotopic (exact) mass is 469 g/mol. The normalized spacial score (nSPS) is 13.8. The quantitative estimate of drug-likeness (QED) is 0.467. The number of benzene rings is 1. The van der Waals surface area contributed by atoms with Crippen LogP contribution in [0.2, 0.25) is 0 Å². The molecule has 1 aliphatic rings. The first-order valence-electron chi connectivity index (χ1n) is 10.7. The van der Waals surface area contributed by atoms with E-state index in [1.165, 1.54) is 24.3 Å². The molecule has 3 aromatic rings. The fourth-order valence-corrected chi connectivity index (χ4v) is 4.61. The lowest BCUT2D eigenvalue weighted by Gasteiger charge is -2.19. The van der Waals surface area contributed by atoms with E-state index in [2.05, 4.69) is 26.2 Å². The highest BCUT2D eigenvalue weighted by Gasteiger charge is 2.26. The Balaban J connectivity index is 1.36. The summed E-state index contributed by atoms with van der Waals surface area (Å²) in [5, 5.41) is 20.7. The summed E-state index contributed by atoms with van der Waals surface area (Å²) in [5.41, 5.74) is 2.43. The summed E-state index contributed by atoms with van der Waals surface area (Å²) < 4.78 is 26.1. The zero-order chi connectivity index (χ0) is 23.4. The van der Waals surface area contributed by atoms with Crippen LogP contribution < -0.4 is 10.1 Å². The number of anilines is 1. The van der Waals surface area contributed by atoms with Crippen molar-refractivity contribution >= 4 is 23.5 Å². The predicted molar refractivity (Wildman–Crippen MR) is 121 cm³/mol. The highest BCUT2D eigenvalue weighted by molar-refractivity contribution is 7.99. The summed E-state index contributed by atoms with van der Waals surface area (Å²) >= 11 is 1.11. The van der Waals surface area contributed by atoms with E-state index in [0.29, 0.717) is 23.2 Å². The first kappa shape index (κ1) is 22.9. The number of amides is 1. The molecule has 0 saturated heterocycles. The van der Waals surface area contributed by atoms with Gasteiger partial charge in [-0.25, -0.2) is 4.39 Å². The average Bonchev–Trinajstić information content (AvgIpc) is 3.54. The number of halogens is 1. The van der Waals surface area contributed by atoms with E-state index in [1.807, 2.05) is 13.8 Å². The summed E-state index contributed by atoms with van der Waals surface area (Å²) in [6.07, 6.45) is 4.39. The molecule has 0 unspecified atom stereocenters. The predicted octanol–water partition coefficient (Wildman–Crippen LogP) is 4.92. The van der Waals surface area contributed by atoms with Crippen molar-refractivity contribution in [3.63, 3.8) is 0 Å². The molecule has 2 heterocycles. The number of nitrogens with one attached hydrogen (secondary N) is 1. The molecular formula is C23H24FN5O3S. The number of carbonyl (C=O) groups excluding carboxylic acids is 1. The van der Waals surface area contributed by atoms with Gasteiger partial charge in [0.1, 0.15) is 23.5 Å². The Morgan fingerprint density at radius 2 is 2.03 bits per heavy atom. The fraction of sp³-hybridized carbons (Fsp3) is 0.391. The summed E-state index contributed by atoms with van der Waals surface area (Å²) in [5.74, 6) is 0.751. The van der Waals surface area contributed by atoms with E-state index in [0.717, 1.165) is 48.7 Å². The van der Waals surface area contributed by atoms with Crippen LogP contribution in [0.5, 0.6) is 5.75 Å². The Hall–Kier alpha value is -3.32. The first-order chi connectivity index (χ1) is 16.0. The van der Waals surface area contributed by atoms with E-state index < -0.39 is 0 Å². The van der Waals surface area contributed by atoms with Crippen LogP contribution in [-0.4, -0.2) is 26.4 Å². The zero-order valence-corrected chi connectivity index (χ0v) is 19.2. The van der Waals surface area contributed by atoms with Gasteiger partial charge in [0.15, 0.2) is 6.61 Å². The lowest BCUT2D eigenvalue weighted by Crippen LogP contribution is -2.19. The third-order valence-corrected chi connectivity index (χ3v) is 6.59. The van der Waals surface area contributed by atoms with E-state index in [4.69, 9.17) is 9.15 Å². The SMILES string of the molecule is Cc1c(C#N)c(NC(=O)CSc2nnc(COc3ccc(F)cc3)o2)n(C2CCCC2)c1C. The van der Waals surface area contributed by atoms with Crippen molar-refractivity contribution in [3.05, 3.63) is 52.8 Å². The maximum Gasteiger partial charge on any atom is 0.277 e. The summed E-state index contributed by atoms with van der Waals surface area (Å²) in [7, 11) is 0. The van der Waals surface area contributed by atoms with Crippen LogP contribution in [0.15, 0.2) is 33.9 Å². The molecule has 0 spiro atoms. The van der Waals surface area contributed by atoms with Crippen LogP contribution in [0.4, 0.5) is 10.2 Å². The lowest BCUT2D eigenvalue weighted by molar-refractivity contribution is -0.113. The van der Waals surface area contributed by atoms with Crippen molar-refractivity contribution in [2.24, 2.45) is 0 Å². The van der Waals surface area contributed by atoms with Gasteiger partial charge in [-0.15, -0.1) is 10.2 Å². The van der Waals surface area contributed by atoms with E-state index in [1.54, 1.807) is 0 Å². The standard InChI is InChI=1S/C23H24FN5O3S/c1-14-15(2)29(17-5-3-4-6-17)22(19(14)11-25)26-20(30)13-33-23-28-27-21(32-23)12-31-18-9-7-16(24)8-10-18/h7-10,17H,3-6,12-13H2,1-2H3,(H,26,30). The van der Waals surface area contributed by atoms with Crippen molar-refractivity contribution in [1.29, 1.82) is 5.26 Å². The van der Waals surface area contributed by atoms with Crippen molar-refractivity contribution in [2.75, 3.05) is 11.1 Å². The largest absolute Gasteiger partial charge is 0.484 e. The molecule has 0 aliphatic heterocycles. The third kappa shape index (κ3) is 5.20. The molecule has 33 heavy (non-hydrogen) atoms. The highest BCUT2D eigenvalue weighted by Crippen LogP contribution is 2.37. The molecule has 1 amide bonds. The van der Waals surface area contributed by atoms with Gasteiger partial charge < -0.3 is 19.0 Å². The highest BCUT2D eigenvalue weighted by atomic mass is 32.2.